The van der Waals surface area contributed by atoms with Crippen LogP contribution in [0.15, 0.2) is 14.9 Å². The molecule has 1 aliphatic rings. The first-order valence-corrected chi connectivity index (χ1v) is 7.26. The van der Waals surface area contributed by atoms with Gasteiger partial charge in [0.1, 0.15) is 17.8 Å². The molecule has 0 N–H and O–H groups in total. The molecule has 6 heteroatoms. The van der Waals surface area contributed by atoms with Gasteiger partial charge in [-0.05, 0) is 39.3 Å². The van der Waals surface area contributed by atoms with Gasteiger partial charge in [-0.2, -0.15) is 0 Å². The van der Waals surface area contributed by atoms with Crippen LogP contribution in [0.3, 0.4) is 0 Å². The van der Waals surface area contributed by atoms with E-state index in [9.17, 15) is 4.79 Å². The van der Waals surface area contributed by atoms with Gasteiger partial charge in [0.15, 0.2) is 0 Å². The van der Waals surface area contributed by atoms with Gasteiger partial charge in [0.2, 0.25) is 5.89 Å². The highest BCUT2D eigenvalue weighted by Crippen LogP contribution is 2.26. The maximum absolute atomic E-state index is 11.1. The lowest BCUT2D eigenvalue weighted by Crippen LogP contribution is -2.39. The maximum Gasteiger partial charge on any atom is 0.251 e. The molecule has 3 heterocycles. The van der Waals surface area contributed by atoms with Crippen LogP contribution < -0.4 is 0 Å². The molecule has 0 aromatic carbocycles. The van der Waals surface area contributed by atoms with Crippen LogP contribution in [-0.4, -0.2) is 34.0 Å². The summed E-state index contributed by atoms with van der Waals surface area (Å²) < 4.78 is 11.2. The summed E-state index contributed by atoms with van der Waals surface area (Å²) in [5, 5.41) is 8.18. The second-order valence-electron chi connectivity index (χ2n) is 5.50. The van der Waals surface area contributed by atoms with Crippen molar-refractivity contribution in [2.24, 2.45) is 0 Å². The molecular formula is C15H19N3O3. The van der Waals surface area contributed by atoms with Crippen molar-refractivity contribution in [2.45, 2.75) is 45.7 Å². The van der Waals surface area contributed by atoms with Crippen molar-refractivity contribution in [3.8, 4) is 11.5 Å². The highest BCUT2D eigenvalue weighted by Gasteiger charge is 2.24. The Morgan fingerprint density at radius 3 is 2.90 bits per heavy atom. The number of hydrogen-bond donors (Lipinski definition) is 0. The van der Waals surface area contributed by atoms with Crippen molar-refractivity contribution < 1.29 is 13.6 Å². The summed E-state index contributed by atoms with van der Waals surface area (Å²) in [5.41, 5.74) is 0.830. The van der Waals surface area contributed by atoms with Crippen LogP contribution in [0.4, 0.5) is 0 Å². The van der Waals surface area contributed by atoms with Crippen LogP contribution in [0.25, 0.3) is 11.5 Å². The van der Waals surface area contributed by atoms with E-state index in [1.807, 2.05) is 19.9 Å². The number of aromatic nitrogens is 2. The Morgan fingerprint density at radius 2 is 2.19 bits per heavy atom. The van der Waals surface area contributed by atoms with Crippen LogP contribution >= 0.6 is 0 Å². The highest BCUT2D eigenvalue weighted by molar-refractivity contribution is 5.58. The first-order valence-electron chi connectivity index (χ1n) is 7.26. The number of carbonyl (C=O) groups is 1. The fraction of sp³-hybridized carbons (Fsp3) is 0.533. The van der Waals surface area contributed by atoms with Gasteiger partial charge >= 0.3 is 0 Å². The van der Waals surface area contributed by atoms with E-state index in [2.05, 4.69) is 15.1 Å². The quantitative estimate of drug-likeness (QED) is 0.805. The molecule has 6 nitrogen and oxygen atoms in total. The van der Waals surface area contributed by atoms with Crippen molar-refractivity contribution in [1.29, 1.82) is 0 Å². The Kier molecular flexibility index (Phi) is 3.88. The summed E-state index contributed by atoms with van der Waals surface area (Å²) in [7, 11) is 0. The summed E-state index contributed by atoms with van der Waals surface area (Å²) in [4.78, 5) is 13.2. The number of carbonyl (C=O) groups excluding carboxylic acids is 1. The first kappa shape index (κ1) is 14.0. The minimum absolute atomic E-state index is 0.0352. The van der Waals surface area contributed by atoms with Crippen molar-refractivity contribution >= 4 is 6.29 Å². The lowest BCUT2D eigenvalue weighted by Gasteiger charge is -2.30. The summed E-state index contributed by atoms with van der Waals surface area (Å²) >= 11 is 0. The molecule has 0 bridgehead atoms. The van der Waals surface area contributed by atoms with Crippen molar-refractivity contribution in [1.82, 2.24) is 15.1 Å². The molecule has 0 aliphatic carbocycles. The normalized spacial score (nSPS) is 19.8. The summed E-state index contributed by atoms with van der Waals surface area (Å²) in [6.45, 7) is 5.17. The average Bonchev–Trinajstić information content (AvgIpc) is 3.06. The number of nitrogens with zero attached hydrogens (tertiary/aromatic N) is 3. The zero-order valence-corrected chi connectivity index (χ0v) is 12.3. The van der Waals surface area contributed by atoms with Crippen LogP contribution in [0.5, 0.6) is 0 Å². The predicted molar refractivity (Wildman–Crippen MR) is 75.6 cm³/mol. The second-order valence-corrected chi connectivity index (χ2v) is 5.50. The molecule has 0 radical (unpaired) electrons. The molecule has 3 rings (SSSR count). The van der Waals surface area contributed by atoms with Gasteiger partial charge in [-0.15, -0.1) is 10.2 Å². The molecule has 1 fully saturated rings. The largest absolute Gasteiger partial charge is 0.466 e. The van der Waals surface area contributed by atoms with E-state index in [0.717, 1.165) is 49.2 Å². The number of aldehydes is 1. The lowest BCUT2D eigenvalue weighted by molar-refractivity contribution is -0.113. The third kappa shape index (κ3) is 2.90. The Morgan fingerprint density at radius 1 is 1.33 bits per heavy atom. The van der Waals surface area contributed by atoms with E-state index in [4.69, 9.17) is 8.83 Å². The van der Waals surface area contributed by atoms with Gasteiger partial charge in [0, 0.05) is 0 Å². The molecule has 0 spiro atoms. The molecule has 112 valence electrons. The highest BCUT2D eigenvalue weighted by atomic mass is 16.4. The third-order valence-electron chi connectivity index (χ3n) is 3.90. The molecule has 2 aromatic rings. The van der Waals surface area contributed by atoms with E-state index >= 15 is 0 Å². The van der Waals surface area contributed by atoms with Gasteiger partial charge in [0.05, 0.1) is 18.2 Å². The molecular weight excluding hydrogens is 270 g/mol. The van der Waals surface area contributed by atoms with Crippen LogP contribution in [-0.2, 0) is 11.3 Å². The monoisotopic (exact) mass is 289 g/mol. The van der Waals surface area contributed by atoms with Gasteiger partial charge < -0.3 is 13.6 Å². The topological polar surface area (TPSA) is 72.4 Å². The molecule has 1 aliphatic heterocycles. The minimum atomic E-state index is -0.0352. The zero-order valence-electron chi connectivity index (χ0n) is 12.3. The number of furan rings is 1. The molecule has 2 aromatic heterocycles. The molecule has 1 unspecified atom stereocenters. The first-order chi connectivity index (χ1) is 10.2. The number of rotatable bonds is 4. The summed E-state index contributed by atoms with van der Waals surface area (Å²) in [6, 6.07) is 1.86. The van der Waals surface area contributed by atoms with Crippen LogP contribution in [0.1, 0.15) is 36.7 Å². The Labute approximate surface area is 123 Å². The Hall–Kier alpha value is -1.95. The van der Waals surface area contributed by atoms with Crippen molar-refractivity contribution in [3.63, 3.8) is 0 Å². The molecule has 0 saturated carbocycles. The van der Waals surface area contributed by atoms with Gasteiger partial charge in [-0.1, -0.05) is 6.42 Å². The van der Waals surface area contributed by atoms with Crippen molar-refractivity contribution in [3.05, 3.63) is 23.5 Å². The molecule has 21 heavy (non-hydrogen) atoms. The smallest absolute Gasteiger partial charge is 0.251 e. The molecule has 0 amide bonds. The fourth-order valence-corrected chi connectivity index (χ4v) is 2.81. The average molecular weight is 289 g/mol. The predicted octanol–water partition coefficient (Wildman–Crippen LogP) is 2.50. The summed E-state index contributed by atoms with van der Waals surface area (Å²) in [5.74, 6) is 2.60. The number of likely N-dealkylation sites (tertiary alicyclic amines) is 1. The number of aryl methyl sites for hydroxylation is 2. The minimum Gasteiger partial charge on any atom is -0.466 e. The Balaban J connectivity index is 1.76. The van der Waals surface area contributed by atoms with Gasteiger partial charge in [-0.3, -0.25) is 4.90 Å². The summed E-state index contributed by atoms with van der Waals surface area (Å²) in [6.07, 6.45) is 4.12. The van der Waals surface area contributed by atoms with E-state index in [1.165, 1.54) is 0 Å². The number of piperidine rings is 1. The van der Waals surface area contributed by atoms with Gasteiger partial charge in [-0.25, -0.2) is 0 Å². The zero-order chi connectivity index (χ0) is 14.8. The lowest BCUT2D eigenvalue weighted by atomic mass is 10.0. The molecule has 1 atom stereocenters. The van der Waals surface area contributed by atoms with E-state index in [1.54, 1.807) is 0 Å². The van der Waals surface area contributed by atoms with Gasteiger partial charge in [0.25, 0.3) is 5.89 Å². The van der Waals surface area contributed by atoms with E-state index < -0.39 is 0 Å². The number of hydrogen-bond acceptors (Lipinski definition) is 6. The van der Waals surface area contributed by atoms with Crippen molar-refractivity contribution in [2.75, 3.05) is 6.54 Å². The second kappa shape index (κ2) is 5.81. The van der Waals surface area contributed by atoms with E-state index in [-0.39, 0.29) is 6.04 Å². The Bertz CT molecular complexity index is 632. The van der Waals surface area contributed by atoms with Crippen LogP contribution in [0.2, 0.25) is 0 Å². The SMILES string of the molecule is Cc1cc(-c2nnc(CN3CCCCC3C=O)o2)c(C)o1. The third-order valence-corrected chi connectivity index (χ3v) is 3.90. The standard InChI is InChI=1S/C15H19N3O3/c1-10-7-13(11(2)20-10)15-17-16-14(21-15)8-18-6-4-3-5-12(18)9-19/h7,9,12H,3-6,8H2,1-2H3. The van der Waals surface area contributed by atoms with E-state index in [0.29, 0.717) is 18.3 Å². The molecule has 1 saturated heterocycles. The maximum atomic E-state index is 11.1. The van der Waals surface area contributed by atoms with Crippen LogP contribution in [0, 0.1) is 13.8 Å². The fourth-order valence-electron chi connectivity index (χ4n) is 2.81.